The molecule has 5 aliphatic rings. The van der Waals surface area contributed by atoms with Crippen LogP contribution in [0.25, 0.3) is 16.2 Å². The van der Waals surface area contributed by atoms with E-state index in [9.17, 15) is 0 Å². The minimum absolute atomic E-state index is 0.359. The van der Waals surface area contributed by atoms with Crippen molar-refractivity contribution < 1.29 is 0 Å². The van der Waals surface area contributed by atoms with E-state index in [2.05, 4.69) is 83.9 Å². The summed E-state index contributed by atoms with van der Waals surface area (Å²) in [5, 5.41) is 1.47. The van der Waals surface area contributed by atoms with Crippen LogP contribution in [0, 0.1) is 0 Å². The van der Waals surface area contributed by atoms with Gasteiger partial charge < -0.3 is 10.6 Å². The molecular formula is C30H28N2S. The third-order valence-electron chi connectivity index (χ3n) is 7.89. The Kier molecular flexibility index (Phi) is 4.41. The molecule has 1 saturated heterocycles. The van der Waals surface area contributed by atoms with Gasteiger partial charge in [0.1, 0.15) is 0 Å². The second-order valence-electron chi connectivity index (χ2n) is 9.73. The number of rotatable bonds is 2. The Balaban J connectivity index is 1.21. The molecule has 4 aliphatic carbocycles. The van der Waals surface area contributed by atoms with E-state index in [4.69, 9.17) is 5.73 Å². The molecule has 2 aromatic rings. The van der Waals surface area contributed by atoms with Crippen molar-refractivity contribution in [1.82, 2.24) is 4.90 Å². The molecule has 1 aromatic heterocycles. The van der Waals surface area contributed by atoms with Crippen LogP contribution in [0.1, 0.15) is 47.6 Å². The number of hydrogen-bond acceptors (Lipinski definition) is 3. The van der Waals surface area contributed by atoms with Gasteiger partial charge in [-0.1, -0.05) is 60.7 Å². The van der Waals surface area contributed by atoms with Gasteiger partial charge in [-0.15, -0.1) is 11.3 Å². The van der Waals surface area contributed by atoms with Gasteiger partial charge in [0.15, 0.2) is 0 Å². The number of allylic oxidation sites excluding steroid dienone is 8. The molecule has 2 nitrogen and oxygen atoms in total. The molecule has 1 aliphatic heterocycles. The predicted molar refractivity (Wildman–Crippen MR) is 140 cm³/mol. The highest BCUT2D eigenvalue weighted by atomic mass is 32.1. The van der Waals surface area contributed by atoms with Crippen LogP contribution in [0.5, 0.6) is 0 Å². The van der Waals surface area contributed by atoms with E-state index in [1.54, 1.807) is 5.56 Å². The number of aryl methyl sites for hydroxylation is 1. The number of benzene rings is 1. The lowest BCUT2D eigenvalue weighted by Crippen LogP contribution is -2.37. The Labute approximate surface area is 199 Å². The smallest absolute Gasteiger partial charge is 0.0606 e. The summed E-state index contributed by atoms with van der Waals surface area (Å²) in [6.45, 7) is 0. The molecule has 2 heterocycles. The maximum Gasteiger partial charge on any atom is 0.0606 e. The minimum atomic E-state index is 0.359. The van der Waals surface area contributed by atoms with Crippen LogP contribution >= 0.6 is 11.3 Å². The molecule has 2 unspecified atom stereocenters. The molecule has 0 radical (unpaired) electrons. The summed E-state index contributed by atoms with van der Waals surface area (Å²) in [7, 11) is 0. The maximum absolute atomic E-state index is 6.28. The van der Waals surface area contributed by atoms with E-state index in [-0.39, 0.29) is 0 Å². The van der Waals surface area contributed by atoms with Crippen molar-refractivity contribution in [3.63, 3.8) is 0 Å². The Morgan fingerprint density at radius 3 is 2.82 bits per heavy atom. The zero-order valence-electron chi connectivity index (χ0n) is 18.7. The maximum atomic E-state index is 6.28. The minimum Gasteiger partial charge on any atom is -0.402 e. The van der Waals surface area contributed by atoms with E-state index in [0.29, 0.717) is 18.0 Å². The van der Waals surface area contributed by atoms with Crippen LogP contribution in [0.4, 0.5) is 0 Å². The SMILES string of the molecule is NC1=CC=C2C3=CC=CC[C@H]3N(C3=CCC(c4cccc5c6c(sc45)C=CCC6)C=C3)C2C1. The van der Waals surface area contributed by atoms with Gasteiger partial charge in [-0.3, -0.25) is 0 Å². The molecule has 0 amide bonds. The molecule has 1 fully saturated rings. The van der Waals surface area contributed by atoms with Crippen molar-refractivity contribution >= 4 is 27.5 Å². The molecule has 7 rings (SSSR count). The summed E-state index contributed by atoms with van der Waals surface area (Å²) >= 11 is 1.98. The van der Waals surface area contributed by atoms with Crippen LogP contribution in [-0.4, -0.2) is 17.0 Å². The van der Waals surface area contributed by atoms with Crippen LogP contribution in [0.15, 0.2) is 95.4 Å². The molecule has 3 heteroatoms. The highest BCUT2D eigenvalue weighted by Gasteiger charge is 2.42. The van der Waals surface area contributed by atoms with Gasteiger partial charge in [-0.25, -0.2) is 0 Å². The van der Waals surface area contributed by atoms with Gasteiger partial charge in [0.2, 0.25) is 0 Å². The fraction of sp³-hybridized carbons (Fsp3) is 0.267. The van der Waals surface area contributed by atoms with Gasteiger partial charge in [0.05, 0.1) is 12.1 Å². The molecular weight excluding hydrogens is 420 g/mol. The zero-order chi connectivity index (χ0) is 21.9. The van der Waals surface area contributed by atoms with Crippen LogP contribution in [0.2, 0.25) is 0 Å². The van der Waals surface area contributed by atoms with Gasteiger partial charge in [0, 0.05) is 33.3 Å². The molecule has 164 valence electrons. The molecule has 0 saturated carbocycles. The first kappa shape index (κ1) is 19.4. The van der Waals surface area contributed by atoms with Crippen molar-refractivity contribution in [3.8, 4) is 0 Å². The van der Waals surface area contributed by atoms with Crippen LogP contribution < -0.4 is 5.73 Å². The number of nitrogens with two attached hydrogens (primary N) is 1. The normalized spacial score (nSPS) is 27.5. The topological polar surface area (TPSA) is 29.3 Å². The number of hydrogen-bond donors (Lipinski definition) is 1. The van der Waals surface area contributed by atoms with E-state index >= 15 is 0 Å². The second-order valence-corrected chi connectivity index (χ2v) is 10.8. The van der Waals surface area contributed by atoms with E-state index in [1.807, 2.05) is 11.3 Å². The lowest BCUT2D eigenvalue weighted by molar-refractivity contribution is 0.275. The fourth-order valence-corrected chi connectivity index (χ4v) is 7.69. The first-order chi connectivity index (χ1) is 16.3. The Bertz CT molecular complexity index is 1370. The van der Waals surface area contributed by atoms with E-state index in [0.717, 1.165) is 25.0 Å². The number of fused-ring (bicyclic) bond motifs is 6. The monoisotopic (exact) mass is 448 g/mol. The molecule has 2 N–H and O–H groups in total. The van der Waals surface area contributed by atoms with Crippen LogP contribution in [-0.2, 0) is 6.42 Å². The third kappa shape index (κ3) is 2.99. The summed E-state index contributed by atoms with van der Waals surface area (Å²) in [4.78, 5) is 4.10. The average Bonchev–Trinajstić information content (AvgIpc) is 3.39. The van der Waals surface area contributed by atoms with Gasteiger partial charge in [-0.05, 0) is 71.6 Å². The third-order valence-corrected chi connectivity index (χ3v) is 9.15. The Morgan fingerprint density at radius 2 is 1.91 bits per heavy atom. The predicted octanol–water partition coefficient (Wildman–Crippen LogP) is 6.90. The quantitative estimate of drug-likeness (QED) is 0.541. The van der Waals surface area contributed by atoms with E-state index < -0.39 is 0 Å². The average molecular weight is 449 g/mol. The number of nitrogens with zero attached hydrogens (tertiary/aromatic N) is 1. The van der Waals surface area contributed by atoms with Crippen molar-refractivity contribution in [2.75, 3.05) is 0 Å². The standard InChI is InChI=1S/C30H28N2S/c31-20-14-17-24-23-6-1-3-10-27(23)32(28(24)18-20)21-15-12-19(13-16-21)22-8-5-9-26-25-7-2-4-11-29(25)33-30(22)26/h1,3-6,8-9,11-12,14-17,19,27-28H,2,7,10,13,18,31H2/t19?,27-,28?/m1/s1. The van der Waals surface area contributed by atoms with Gasteiger partial charge in [-0.2, -0.15) is 0 Å². The first-order valence-electron chi connectivity index (χ1n) is 12.2. The zero-order valence-corrected chi connectivity index (χ0v) is 19.5. The fourth-order valence-electron chi connectivity index (χ4n) is 6.34. The first-order valence-corrected chi connectivity index (χ1v) is 13.0. The van der Waals surface area contributed by atoms with Crippen molar-refractivity contribution in [1.29, 1.82) is 0 Å². The summed E-state index contributed by atoms with van der Waals surface area (Å²) < 4.78 is 1.49. The number of thiophene rings is 1. The summed E-state index contributed by atoms with van der Waals surface area (Å²) in [5.41, 5.74) is 14.6. The Morgan fingerprint density at radius 1 is 0.970 bits per heavy atom. The molecule has 0 spiro atoms. The van der Waals surface area contributed by atoms with Crippen molar-refractivity contribution in [2.24, 2.45) is 5.73 Å². The molecule has 1 aromatic carbocycles. The van der Waals surface area contributed by atoms with E-state index in [1.165, 1.54) is 50.2 Å². The lowest BCUT2D eigenvalue weighted by Gasteiger charge is -2.35. The van der Waals surface area contributed by atoms with Crippen molar-refractivity contribution in [2.45, 2.75) is 50.1 Å². The number of likely N-dealkylation sites (tertiary alicyclic amines) is 1. The summed E-state index contributed by atoms with van der Waals surface area (Å²) in [6.07, 6.45) is 28.5. The summed E-state index contributed by atoms with van der Waals surface area (Å²) in [6, 6.07) is 7.72. The highest BCUT2D eigenvalue weighted by molar-refractivity contribution is 7.20. The second kappa shape index (κ2) is 7.50. The molecule has 3 atom stereocenters. The van der Waals surface area contributed by atoms with Gasteiger partial charge in [0.25, 0.3) is 0 Å². The lowest BCUT2D eigenvalue weighted by atomic mass is 9.89. The largest absolute Gasteiger partial charge is 0.402 e. The van der Waals surface area contributed by atoms with Gasteiger partial charge >= 0.3 is 0 Å². The summed E-state index contributed by atoms with van der Waals surface area (Å²) in [5.74, 6) is 0.441. The Hall–Kier alpha value is -3.04. The molecule has 33 heavy (non-hydrogen) atoms. The highest BCUT2D eigenvalue weighted by Crippen LogP contribution is 2.46. The van der Waals surface area contributed by atoms with Crippen molar-refractivity contribution in [3.05, 3.63) is 111 Å². The molecule has 0 bridgehead atoms. The van der Waals surface area contributed by atoms with Crippen LogP contribution in [0.3, 0.4) is 0 Å².